The molecule has 0 spiro atoms. The highest BCUT2D eigenvalue weighted by molar-refractivity contribution is 5.46. The fourth-order valence-corrected chi connectivity index (χ4v) is 1.92. The Hall–Kier alpha value is -1.28. The van der Waals surface area contributed by atoms with Gasteiger partial charge in [0, 0.05) is 25.5 Å². The van der Waals surface area contributed by atoms with Crippen molar-refractivity contribution in [2.75, 3.05) is 39.0 Å². The van der Waals surface area contributed by atoms with Crippen LogP contribution in [0.5, 0.6) is 0 Å². The van der Waals surface area contributed by atoms with Crippen LogP contribution in [-0.2, 0) is 33.7 Å². The van der Waals surface area contributed by atoms with Gasteiger partial charge in [0.15, 0.2) is 0 Å². The second kappa shape index (κ2) is 7.34. The fraction of sp³-hybridized carbons (Fsp3) is 0.667. The second-order valence-corrected chi connectivity index (χ2v) is 4.22. The zero-order chi connectivity index (χ0) is 13.5. The van der Waals surface area contributed by atoms with E-state index < -0.39 is 0 Å². The van der Waals surface area contributed by atoms with Gasteiger partial charge in [-0.25, -0.2) is 15.8 Å². The molecule has 3 N–H and O–H groups in total. The van der Waals surface area contributed by atoms with Gasteiger partial charge < -0.3 is 19.6 Å². The van der Waals surface area contributed by atoms with Crippen LogP contribution in [0.15, 0.2) is 0 Å². The molecule has 0 radical (unpaired) electrons. The van der Waals surface area contributed by atoms with Gasteiger partial charge in [0.25, 0.3) is 0 Å². The molecule has 19 heavy (non-hydrogen) atoms. The van der Waals surface area contributed by atoms with E-state index in [9.17, 15) is 0 Å². The van der Waals surface area contributed by atoms with E-state index in [2.05, 4.69) is 15.4 Å². The maximum absolute atomic E-state index is 5.49. The van der Waals surface area contributed by atoms with E-state index in [1.165, 1.54) is 0 Å². The Kier molecular flexibility index (Phi) is 5.46. The van der Waals surface area contributed by atoms with Crippen LogP contribution in [0.4, 0.5) is 5.82 Å². The molecule has 106 valence electrons. The van der Waals surface area contributed by atoms with E-state index >= 15 is 0 Å². The van der Waals surface area contributed by atoms with Crippen molar-refractivity contribution in [2.45, 2.75) is 19.4 Å². The smallest absolute Gasteiger partial charge is 0.149 e. The van der Waals surface area contributed by atoms with Crippen LogP contribution >= 0.6 is 0 Å². The lowest BCUT2D eigenvalue weighted by Gasteiger charge is -2.19. The average molecular weight is 268 g/mol. The van der Waals surface area contributed by atoms with E-state index in [0.717, 1.165) is 23.5 Å². The van der Waals surface area contributed by atoms with Crippen LogP contribution in [-0.4, -0.2) is 43.5 Å². The molecule has 0 bridgehead atoms. The van der Waals surface area contributed by atoms with E-state index in [0.29, 0.717) is 45.3 Å². The van der Waals surface area contributed by atoms with Crippen molar-refractivity contribution in [3.8, 4) is 0 Å². The number of hydrogen-bond donors (Lipinski definition) is 2. The molecule has 7 nitrogen and oxygen atoms in total. The molecule has 7 heteroatoms. The van der Waals surface area contributed by atoms with E-state index in [1.807, 2.05) is 0 Å². The maximum Gasteiger partial charge on any atom is 0.149 e. The molecule has 0 atom stereocenters. The molecule has 1 aliphatic rings. The van der Waals surface area contributed by atoms with Crippen LogP contribution in [0, 0.1) is 0 Å². The van der Waals surface area contributed by atoms with Gasteiger partial charge in [0.1, 0.15) is 11.6 Å². The molecule has 0 aliphatic carbocycles. The highest BCUT2D eigenvalue weighted by Crippen LogP contribution is 2.21. The molecule has 1 aliphatic heterocycles. The largest absolute Gasteiger partial charge is 0.382 e. The summed E-state index contributed by atoms with van der Waals surface area (Å²) >= 11 is 0. The third-order valence-corrected chi connectivity index (χ3v) is 2.91. The Labute approximate surface area is 112 Å². The first-order valence-electron chi connectivity index (χ1n) is 6.35. The topological polar surface area (TPSA) is 91.5 Å². The van der Waals surface area contributed by atoms with Gasteiger partial charge in [-0.3, -0.25) is 0 Å². The normalized spacial score (nSPS) is 14.2. The molecule has 2 heterocycles. The van der Waals surface area contributed by atoms with Crippen LogP contribution < -0.4 is 11.3 Å². The quantitative estimate of drug-likeness (QED) is 0.410. The summed E-state index contributed by atoms with van der Waals surface area (Å²) in [4.78, 5) is 8.93. The van der Waals surface area contributed by atoms with Crippen LogP contribution in [0.2, 0.25) is 0 Å². The molecule has 0 fully saturated rings. The molecule has 0 amide bonds. The molecular weight excluding hydrogens is 248 g/mol. The summed E-state index contributed by atoms with van der Waals surface area (Å²) in [7, 11) is 1.65. The number of nitrogens with one attached hydrogen (secondary N) is 1. The number of hydrazine groups is 1. The number of anilines is 1. The van der Waals surface area contributed by atoms with Gasteiger partial charge in [0.2, 0.25) is 0 Å². The Morgan fingerprint density at radius 1 is 1.32 bits per heavy atom. The molecule has 1 aromatic heterocycles. The zero-order valence-corrected chi connectivity index (χ0v) is 11.1. The van der Waals surface area contributed by atoms with Gasteiger partial charge in [-0.15, -0.1) is 0 Å². The number of nitrogens with two attached hydrogens (primary N) is 1. The maximum atomic E-state index is 5.49. The van der Waals surface area contributed by atoms with Crippen molar-refractivity contribution in [1.82, 2.24) is 9.97 Å². The SMILES string of the molecule is COCCOCCc1nc2c(c(NN)n1)COCC2. The van der Waals surface area contributed by atoms with E-state index in [-0.39, 0.29) is 0 Å². The first kappa shape index (κ1) is 14.1. The summed E-state index contributed by atoms with van der Waals surface area (Å²) in [6, 6.07) is 0. The average Bonchev–Trinajstić information content (AvgIpc) is 2.46. The van der Waals surface area contributed by atoms with Crippen molar-refractivity contribution in [3.63, 3.8) is 0 Å². The van der Waals surface area contributed by atoms with Crippen molar-refractivity contribution in [2.24, 2.45) is 5.84 Å². The van der Waals surface area contributed by atoms with Gasteiger partial charge in [0.05, 0.1) is 38.7 Å². The minimum atomic E-state index is 0.513. The third kappa shape index (κ3) is 3.84. The molecule has 1 aromatic rings. The lowest BCUT2D eigenvalue weighted by Crippen LogP contribution is -2.21. The predicted octanol–water partition coefficient (Wildman–Crippen LogP) is 0.0404. The number of ether oxygens (including phenoxy) is 3. The third-order valence-electron chi connectivity index (χ3n) is 2.91. The highest BCUT2D eigenvalue weighted by Gasteiger charge is 2.17. The molecule has 0 saturated heterocycles. The van der Waals surface area contributed by atoms with Crippen molar-refractivity contribution < 1.29 is 14.2 Å². The number of nitrogen functional groups attached to an aromatic ring is 1. The molecule has 0 unspecified atom stereocenters. The molecular formula is C12H20N4O3. The molecule has 2 rings (SSSR count). The minimum absolute atomic E-state index is 0.513. The van der Waals surface area contributed by atoms with Crippen LogP contribution in [0.25, 0.3) is 0 Å². The minimum Gasteiger partial charge on any atom is -0.382 e. The molecule has 0 saturated carbocycles. The Morgan fingerprint density at radius 2 is 2.21 bits per heavy atom. The Morgan fingerprint density at radius 3 is 3.00 bits per heavy atom. The lowest BCUT2D eigenvalue weighted by molar-refractivity contribution is 0.0715. The van der Waals surface area contributed by atoms with Crippen LogP contribution in [0.1, 0.15) is 17.1 Å². The number of aromatic nitrogens is 2. The fourth-order valence-electron chi connectivity index (χ4n) is 1.92. The standard InChI is InChI=1S/C12H20N4O3/c1-17-6-7-18-5-3-11-14-10-2-4-19-8-9(10)12(15-11)16-13/h2-8,13H2,1H3,(H,14,15,16). The summed E-state index contributed by atoms with van der Waals surface area (Å²) in [5, 5.41) is 0. The predicted molar refractivity (Wildman–Crippen MR) is 69.6 cm³/mol. The molecule has 0 aromatic carbocycles. The number of rotatable bonds is 7. The van der Waals surface area contributed by atoms with Gasteiger partial charge >= 0.3 is 0 Å². The van der Waals surface area contributed by atoms with Gasteiger partial charge in [-0.1, -0.05) is 0 Å². The second-order valence-electron chi connectivity index (χ2n) is 4.22. The number of nitrogens with zero attached hydrogens (tertiary/aromatic N) is 2. The monoisotopic (exact) mass is 268 g/mol. The van der Waals surface area contributed by atoms with E-state index in [1.54, 1.807) is 7.11 Å². The van der Waals surface area contributed by atoms with Crippen molar-refractivity contribution in [1.29, 1.82) is 0 Å². The van der Waals surface area contributed by atoms with Crippen LogP contribution in [0.3, 0.4) is 0 Å². The van der Waals surface area contributed by atoms with Crippen molar-refractivity contribution >= 4 is 5.82 Å². The Bertz CT molecular complexity index is 397. The number of fused-ring (bicyclic) bond motifs is 1. The van der Waals surface area contributed by atoms with Gasteiger partial charge in [-0.2, -0.15) is 0 Å². The van der Waals surface area contributed by atoms with Crippen molar-refractivity contribution in [3.05, 3.63) is 17.1 Å². The summed E-state index contributed by atoms with van der Waals surface area (Å²) < 4.78 is 15.7. The summed E-state index contributed by atoms with van der Waals surface area (Å²) in [5.41, 5.74) is 4.59. The van der Waals surface area contributed by atoms with Gasteiger partial charge in [-0.05, 0) is 0 Å². The summed E-state index contributed by atoms with van der Waals surface area (Å²) in [6.07, 6.45) is 1.45. The number of methoxy groups -OCH3 is 1. The summed E-state index contributed by atoms with van der Waals surface area (Å²) in [6.45, 7) is 2.95. The number of hydrogen-bond acceptors (Lipinski definition) is 7. The first-order chi connectivity index (χ1) is 9.35. The van der Waals surface area contributed by atoms with E-state index in [4.69, 9.17) is 20.1 Å². The summed E-state index contributed by atoms with van der Waals surface area (Å²) in [5.74, 6) is 6.88. The first-order valence-corrected chi connectivity index (χ1v) is 6.35. The Balaban J connectivity index is 1.97. The zero-order valence-electron chi connectivity index (χ0n) is 11.1. The highest BCUT2D eigenvalue weighted by atomic mass is 16.5. The lowest BCUT2D eigenvalue weighted by atomic mass is 10.1.